The second kappa shape index (κ2) is 6.75. The minimum absolute atomic E-state index is 0.0403. The van der Waals surface area contributed by atoms with E-state index in [4.69, 9.17) is 0 Å². The van der Waals surface area contributed by atoms with Crippen LogP contribution < -0.4 is 10.6 Å². The maximum atomic E-state index is 11.9. The zero-order chi connectivity index (χ0) is 14.4. The Morgan fingerprint density at radius 1 is 1.10 bits per heavy atom. The summed E-state index contributed by atoms with van der Waals surface area (Å²) < 4.78 is 0. The van der Waals surface area contributed by atoms with Gasteiger partial charge >= 0.3 is 0 Å². The van der Waals surface area contributed by atoms with Crippen LogP contribution in [0.25, 0.3) is 0 Å². The first-order chi connectivity index (χ1) is 9.69. The van der Waals surface area contributed by atoms with Gasteiger partial charge in [0.25, 0.3) is 0 Å². The third kappa shape index (κ3) is 3.85. The summed E-state index contributed by atoms with van der Waals surface area (Å²) in [5.41, 5.74) is 4.19. The topological polar surface area (TPSA) is 41.1 Å². The van der Waals surface area contributed by atoms with Crippen LogP contribution in [0.2, 0.25) is 0 Å². The zero-order valence-electron chi connectivity index (χ0n) is 11.9. The Hall–Kier alpha value is -2.29. The standard InChI is InChI=1S/C17H20N2O/c1-3-14-8-6-9-15(11-14)19-17(20)12-18-16-10-5-4-7-13(16)2/h4-11,18H,3,12H2,1-2H3,(H,19,20). The van der Waals surface area contributed by atoms with E-state index in [1.165, 1.54) is 5.56 Å². The average molecular weight is 268 g/mol. The summed E-state index contributed by atoms with van der Waals surface area (Å²) in [5.74, 6) is -0.0403. The molecule has 3 nitrogen and oxygen atoms in total. The highest BCUT2D eigenvalue weighted by Crippen LogP contribution is 2.13. The van der Waals surface area contributed by atoms with Crippen molar-refractivity contribution < 1.29 is 4.79 Å². The Bertz CT molecular complexity index is 593. The number of anilines is 2. The number of carbonyl (C=O) groups is 1. The van der Waals surface area contributed by atoms with Crippen molar-refractivity contribution in [3.63, 3.8) is 0 Å². The highest BCUT2D eigenvalue weighted by Gasteiger charge is 2.03. The molecule has 0 aliphatic rings. The van der Waals surface area contributed by atoms with Crippen molar-refractivity contribution in [2.75, 3.05) is 17.2 Å². The van der Waals surface area contributed by atoms with Gasteiger partial charge in [0.2, 0.25) is 5.91 Å². The Kier molecular flexibility index (Phi) is 4.77. The number of benzene rings is 2. The van der Waals surface area contributed by atoms with Crippen molar-refractivity contribution >= 4 is 17.3 Å². The van der Waals surface area contributed by atoms with Crippen LogP contribution in [-0.4, -0.2) is 12.5 Å². The Morgan fingerprint density at radius 3 is 2.65 bits per heavy atom. The number of aryl methyl sites for hydroxylation is 2. The van der Waals surface area contributed by atoms with E-state index in [0.717, 1.165) is 23.4 Å². The van der Waals surface area contributed by atoms with E-state index >= 15 is 0 Å². The Morgan fingerprint density at radius 2 is 1.90 bits per heavy atom. The van der Waals surface area contributed by atoms with Crippen molar-refractivity contribution in [2.24, 2.45) is 0 Å². The molecule has 2 aromatic rings. The van der Waals surface area contributed by atoms with Gasteiger partial charge in [-0.25, -0.2) is 0 Å². The molecule has 0 unspecified atom stereocenters. The molecule has 3 heteroatoms. The second-order valence-electron chi connectivity index (χ2n) is 4.77. The quantitative estimate of drug-likeness (QED) is 0.869. The molecular formula is C17H20N2O. The van der Waals surface area contributed by atoms with E-state index in [1.807, 2.05) is 49.4 Å². The van der Waals surface area contributed by atoms with E-state index in [1.54, 1.807) is 0 Å². The lowest BCUT2D eigenvalue weighted by Gasteiger charge is -2.10. The van der Waals surface area contributed by atoms with E-state index in [9.17, 15) is 4.79 Å². The molecule has 1 amide bonds. The Balaban J connectivity index is 1.91. The molecule has 0 aliphatic carbocycles. The third-order valence-corrected chi connectivity index (χ3v) is 3.20. The van der Waals surface area contributed by atoms with Crippen LogP contribution >= 0.6 is 0 Å². The predicted octanol–water partition coefficient (Wildman–Crippen LogP) is 3.61. The highest BCUT2D eigenvalue weighted by atomic mass is 16.1. The van der Waals surface area contributed by atoms with Crippen molar-refractivity contribution in [1.82, 2.24) is 0 Å². The van der Waals surface area contributed by atoms with E-state index in [-0.39, 0.29) is 12.5 Å². The van der Waals surface area contributed by atoms with Crippen LogP contribution in [0.15, 0.2) is 48.5 Å². The molecule has 0 heterocycles. The van der Waals surface area contributed by atoms with Gasteiger partial charge in [0.15, 0.2) is 0 Å². The highest BCUT2D eigenvalue weighted by molar-refractivity contribution is 5.93. The fraction of sp³-hybridized carbons (Fsp3) is 0.235. The lowest BCUT2D eigenvalue weighted by atomic mass is 10.1. The van der Waals surface area contributed by atoms with Gasteiger partial charge in [-0.2, -0.15) is 0 Å². The fourth-order valence-corrected chi connectivity index (χ4v) is 2.02. The summed E-state index contributed by atoms with van der Waals surface area (Å²) in [6.07, 6.45) is 0.963. The normalized spacial score (nSPS) is 10.1. The minimum Gasteiger partial charge on any atom is -0.376 e. The first-order valence-electron chi connectivity index (χ1n) is 6.87. The predicted molar refractivity (Wildman–Crippen MR) is 84.1 cm³/mol. The summed E-state index contributed by atoms with van der Waals surface area (Å²) in [6.45, 7) is 4.38. The van der Waals surface area contributed by atoms with Crippen molar-refractivity contribution in [3.8, 4) is 0 Å². The zero-order valence-corrected chi connectivity index (χ0v) is 11.9. The molecule has 0 atom stereocenters. The summed E-state index contributed by atoms with van der Waals surface area (Å²) >= 11 is 0. The summed E-state index contributed by atoms with van der Waals surface area (Å²) in [4.78, 5) is 11.9. The lowest BCUT2D eigenvalue weighted by Crippen LogP contribution is -2.22. The smallest absolute Gasteiger partial charge is 0.243 e. The van der Waals surface area contributed by atoms with Crippen molar-refractivity contribution in [2.45, 2.75) is 20.3 Å². The maximum absolute atomic E-state index is 11.9. The molecular weight excluding hydrogens is 248 g/mol. The molecule has 0 saturated heterocycles. The average Bonchev–Trinajstić information content (AvgIpc) is 2.46. The minimum atomic E-state index is -0.0403. The van der Waals surface area contributed by atoms with Crippen LogP contribution in [0, 0.1) is 6.92 Å². The molecule has 0 aliphatic heterocycles. The maximum Gasteiger partial charge on any atom is 0.243 e. The molecule has 0 bridgehead atoms. The number of para-hydroxylation sites is 1. The monoisotopic (exact) mass is 268 g/mol. The Labute approximate surface area is 120 Å². The summed E-state index contributed by atoms with van der Waals surface area (Å²) in [5, 5.41) is 6.05. The number of carbonyl (C=O) groups excluding carboxylic acids is 1. The molecule has 0 radical (unpaired) electrons. The third-order valence-electron chi connectivity index (χ3n) is 3.20. The van der Waals surface area contributed by atoms with Gasteiger partial charge in [-0.3, -0.25) is 4.79 Å². The molecule has 0 fully saturated rings. The van der Waals surface area contributed by atoms with E-state index < -0.39 is 0 Å². The molecule has 20 heavy (non-hydrogen) atoms. The van der Waals surface area contributed by atoms with Crippen LogP contribution in [0.3, 0.4) is 0 Å². The van der Waals surface area contributed by atoms with Crippen molar-refractivity contribution in [3.05, 3.63) is 59.7 Å². The van der Waals surface area contributed by atoms with E-state index in [2.05, 4.69) is 23.6 Å². The van der Waals surface area contributed by atoms with Crippen LogP contribution in [-0.2, 0) is 11.2 Å². The van der Waals surface area contributed by atoms with E-state index in [0.29, 0.717) is 0 Å². The number of rotatable bonds is 5. The number of hydrogen-bond donors (Lipinski definition) is 2. The van der Waals surface area contributed by atoms with Gasteiger partial charge in [0, 0.05) is 11.4 Å². The summed E-state index contributed by atoms with van der Waals surface area (Å²) in [7, 11) is 0. The molecule has 2 rings (SSSR count). The molecule has 2 N–H and O–H groups in total. The first-order valence-corrected chi connectivity index (χ1v) is 6.87. The van der Waals surface area contributed by atoms with Gasteiger partial charge in [-0.1, -0.05) is 37.3 Å². The number of hydrogen-bond acceptors (Lipinski definition) is 2. The van der Waals surface area contributed by atoms with Gasteiger partial charge < -0.3 is 10.6 Å². The largest absolute Gasteiger partial charge is 0.376 e. The number of amides is 1. The SMILES string of the molecule is CCc1cccc(NC(=O)CNc2ccccc2C)c1. The lowest BCUT2D eigenvalue weighted by molar-refractivity contribution is -0.114. The first kappa shape index (κ1) is 14.1. The second-order valence-corrected chi connectivity index (χ2v) is 4.77. The molecule has 0 spiro atoms. The van der Waals surface area contributed by atoms with Gasteiger partial charge in [0.05, 0.1) is 6.54 Å². The van der Waals surface area contributed by atoms with Gasteiger partial charge in [-0.15, -0.1) is 0 Å². The molecule has 2 aromatic carbocycles. The van der Waals surface area contributed by atoms with Crippen LogP contribution in [0.4, 0.5) is 11.4 Å². The molecule has 104 valence electrons. The molecule has 0 aromatic heterocycles. The fourth-order valence-electron chi connectivity index (χ4n) is 2.02. The number of nitrogens with one attached hydrogen (secondary N) is 2. The van der Waals surface area contributed by atoms with Gasteiger partial charge in [0.1, 0.15) is 0 Å². The van der Waals surface area contributed by atoms with Crippen LogP contribution in [0.5, 0.6) is 0 Å². The van der Waals surface area contributed by atoms with Crippen LogP contribution in [0.1, 0.15) is 18.1 Å². The summed E-state index contributed by atoms with van der Waals surface area (Å²) in [6, 6.07) is 15.9. The molecule has 0 saturated carbocycles. The van der Waals surface area contributed by atoms with Crippen molar-refractivity contribution in [1.29, 1.82) is 0 Å². The van der Waals surface area contributed by atoms with Gasteiger partial charge in [-0.05, 0) is 42.7 Å².